The summed E-state index contributed by atoms with van der Waals surface area (Å²) in [6.07, 6.45) is -4.31. The summed E-state index contributed by atoms with van der Waals surface area (Å²) in [7, 11) is 0. The summed E-state index contributed by atoms with van der Waals surface area (Å²) in [6.45, 7) is 3.39. The zero-order valence-electron chi connectivity index (χ0n) is 12.3. The Kier molecular flexibility index (Phi) is 6.08. The van der Waals surface area contributed by atoms with Crippen molar-refractivity contribution in [2.24, 2.45) is 0 Å². The zero-order valence-corrected chi connectivity index (χ0v) is 14.0. The first-order chi connectivity index (χ1) is 10.6. The second-order valence-corrected chi connectivity index (χ2v) is 6.31. The first-order valence-electron chi connectivity index (χ1n) is 7.21. The molecule has 1 atom stereocenters. The van der Waals surface area contributed by atoms with Crippen molar-refractivity contribution in [3.05, 3.63) is 57.8 Å². The van der Waals surface area contributed by atoms with Crippen molar-refractivity contribution in [2.45, 2.75) is 12.2 Å². The van der Waals surface area contributed by atoms with E-state index >= 15 is 0 Å². The highest BCUT2D eigenvalue weighted by molar-refractivity contribution is 7.10. The number of thiophene rings is 1. The van der Waals surface area contributed by atoms with Crippen LogP contribution in [0, 0.1) is 0 Å². The van der Waals surface area contributed by atoms with Crippen LogP contribution in [0.15, 0.2) is 41.8 Å². The van der Waals surface area contributed by atoms with Crippen LogP contribution < -0.4 is 5.32 Å². The van der Waals surface area contributed by atoms with Crippen LogP contribution >= 0.6 is 23.7 Å². The van der Waals surface area contributed by atoms with Crippen molar-refractivity contribution in [1.29, 1.82) is 0 Å². The van der Waals surface area contributed by atoms with Crippen LogP contribution in [-0.2, 0) is 6.18 Å². The summed E-state index contributed by atoms with van der Waals surface area (Å²) in [5.74, 6) is 0. The van der Waals surface area contributed by atoms with E-state index in [2.05, 4.69) is 10.2 Å². The lowest BCUT2D eigenvalue weighted by atomic mass is 10.00. The topological polar surface area (TPSA) is 15.3 Å². The Balaban J connectivity index is 0.00000192. The molecule has 0 bridgehead atoms. The number of nitrogens with zero attached hydrogens (tertiary/aromatic N) is 1. The average molecular weight is 363 g/mol. The molecule has 1 aromatic heterocycles. The molecular formula is C16H18ClF3N2S. The van der Waals surface area contributed by atoms with Gasteiger partial charge in [0.1, 0.15) is 0 Å². The summed E-state index contributed by atoms with van der Waals surface area (Å²) >= 11 is 1.59. The number of piperazine rings is 1. The number of nitrogens with one attached hydrogen (secondary N) is 1. The highest BCUT2D eigenvalue weighted by Gasteiger charge is 2.32. The highest BCUT2D eigenvalue weighted by atomic mass is 35.5. The number of benzene rings is 1. The Hall–Kier alpha value is -1.08. The zero-order chi connectivity index (χ0) is 15.6. The first kappa shape index (κ1) is 18.3. The van der Waals surface area contributed by atoms with Gasteiger partial charge in [-0.1, -0.05) is 18.2 Å². The molecular weight excluding hydrogens is 345 g/mol. The fraction of sp³-hybridized carbons (Fsp3) is 0.375. The Bertz CT molecular complexity index is 610. The molecule has 0 spiro atoms. The van der Waals surface area contributed by atoms with Crippen molar-refractivity contribution in [2.75, 3.05) is 26.2 Å². The fourth-order valence-electron chi connectivity index (χ4n) is 2.83. The van der Waals surface area contributed by atoms with E-state index < -0.39 is 11.7 Å². The standard InChI is InChI=1S/C16H17F3N2S.ClH/c17-16(18,19)13-4-1-3-12(11-13)15(14-5-2-10-22-14)21-8-6-20-7-9-21;/h1-5,10-11,15,20H,6-9H2;1H/t15-;/m1./s1. The average Bonchev–Trinajstić information content (AvgIpc) is 3.02. The molecule has 3 rings (SSSR count). The van der Waals surface area contributed by atoms with Gasteiger partial charge in [-0.2, -0.15) is 13.2 Å². The monoisotopic (exact) mass is 362 g/mol. The van der Waals surface area contributed by atoms with Crippen LogP contribution in [0.5, 0.6) is 0 Å². The normalized spacial score (nSPS) is 17.5. The van der Waals surface area contributed by atoms with Crippen LogP contribution in [0.3, 0.4) is 0 Å². The van der Waals surface area contributed by atoms with E-state index in [1.807, 2.05) is 17.5 Å². The molecule has 1 aliphatic heterocycles. The molecule has 0 aliphatic carbocycles. The van der Waals surface area contributed by atoms with E-state index in [0.717, 1.165) is 37.1 Å². The van der Waals surface area contributed by atoms with E-state index in [1.165, 1.54) is 12.1 Å². The molecule has 7 heteroatoms. The van der Waals surface area contributed by atoms with Crippen LogP contribution in [-0.4, -0.2) is 31.1 Å². The first-order valence-corrected chi connectivity index (χ1v) is 8.09. The third-order valence-corrected chi connectivity index (χ3v) is 4.78. The third kappa shape index (κ3) is 4.26. The quantitative estimate of drug-likeness (QED) is 0.881. The Morgan fingerprint density at radius 2 is 1.83 bits per heavy atom. The van der Waals surface area contributed by atoms with Gasteiger partial charge in [-0.05, 0) is 29.1 Å². The Morgan fingerprint density at radius 3 is 2.43 bits per heavy atom. The molecule has 0 radical (unpaired) electrons. The number of hydrogen-bond acceptors (Lipinski definition) is 3. The van der Waals surface area contributed by atoms with Gasteiger partial charge in [-0.3, -0.25) is 4.90 Å². The molecule has 1 N–H and O–H groups in total. The Labute approximate surface area is 143 Å². The predicted octanol–water partition coefficient (Wildman–Crippen LogP) is 4.18. The van der Waals surface area contributed by atoms with E-state index in [4.69, 9.17) is 0 Å². The van der Waals surface area contributed by atoms with E-state index in [0.29, 0.717) is 5.56 Å². The second-order valence-electron chi connectivity index (χ2n) is 5.33. The lowest BCUT2D eigenvalue weighted by Gasteiger charge is -2.35. The summed E-state index contributed by atoms with van der Waals surface area (Å²) in [6, 6.07) is 9.55. The van der Waals surface area contributed by atoms with Crippen LogP contribution in [0.4, 0.5) is 13.2 Å². The molecule has 1 fully saturated rings. The van der Waals surface area contributed by atoms with E-state index in [9.17, 15) is 13.2 Å². The molecule has 2 aromatic rings. The maximum atomic E-state index is 13.0. The minimum atomic E-state index is -4.31. The molecule has 1 saturated heterocycles. The largest absolute Gasteiger partial charge is 0.416 e. The second kappa shape index (κ2) is 7.66. The maximum absolute atomic E-state index is 13.0. The van der Waals surface area contributed by atoms with E-state index in [1.54, 1.807) is 17.4 Å². The maximum Gasteiger partial charge on any atom is 0.416 e. The molecule has 1 aromatic carbocycles. The van der Waals surface area contributed by atoms with Gasteiger partial charge in [0.15, 0.2) is 0 Å². The third-order valence-electron chi connectivity index (χ3n) is 3.86. The number of alkyl halides is 3. The minimum Gasteiger partial charge on any atom is -0.314 e. The lowest BCUT2D eigenvalue weighted by molar-refractivity contribution is -0.137. The summed E-state index contributed by atoms with van der Waals surface area (Å²) in [5, 5.41) is 5.25. The number of rotatable bonds is 3. The molecule has 2 heterocycles. The van der Waals surface area contributed by atoms with Gasteiger partial charge in [-0.15, -0.1) is 23.7 Å². The van der Waals surface area contributed by atoms with Crippen molar-refractivity contribution >= 4 is 23.7 Å². The molecule has 1 aliphatic rings. The Morgan fingerprint density at radius 1 is 1.09 bits per heavy atom. The van der Waals surface area contributed by atoms with Gasteiger partial charge in [0.25, 0.3) is 0 Å². The van der Waals surface area contributed by atoms with Crippen LogP contribution in [0.2, 0.25) is 0 Å². The van der Waals surface area contributed by atoms with Gasteiger partial charge in [0, 0.05) is 31.1 Å². The highest BCUT2D eigenvalue weighted by Crippen LogP contribution is 2.35. The summed E-state index contributed by atoms with van der Waals surface area (Å²) < 4.78 is 39.0. The van der Waals surface area contributed by atoms with Gasteiger partial charge in [0.05, 0.1) is 11.6 Å². The SMILES string of the molecule is Cl.FC(F)(F)c1cccc([C@H](c2cccs2)N2CCNCC2)c1. The van der Waals surface area contributed by atoms with Crippen LogP contribution in [0.1, 0.15) is 22.0 Å². The molecule has 2 nitrogen and oxygen atoms in total. The van der Waals surface area contributed by atoms with Gasteiger partial charge < -0.3 is 5.32 Å². The van der Waals surface area contributed by atoms with Crippen molar-refractivity contribution in [3.63, 3.8) is 0 Å². The van der Waals surface area contributed by atoms with Gasteiger partial charge >= 0.3 is 6.18 Å². The smallest absolute Gasteiger partial charge is 0.314 e. The van der Waals surface area contributed by atoms with Gasteiger partial charge in [0.2, 0.25) is 0 Å². The van der Waals surface area contributed by atoms with E-state index in [-0.39, 0.29) is 18.4 Å². The molecule has 126 valence electrons. The van der Waals surface area contributed by atoms with Crippen molar-refractivity contribution in [3.8, 4) is 0 Å². The van der Waals surface area contributed by atoms with Gasteiger partial charge in [-0.25, -0.2) is 0 Å². The predicted molar refractivity (Wildman–Crippen MR) is 89.3 cm³/mol. The molecule has 0 amide bonds. The van der Waals surface area contributed by atoms with Crippen LogP contribution in [0.25, 0.3) is 0 Å². The fourth-order valence-corrected chi connectivity index (χ4v) is 3.71. The lowest BCUT2D eigenvalue weighted by Crippen LogP contribution is -2.45. The van der Waals surface area contributed by atoms with Crippen molar-refractivity contribution in [1.82, 2.24) is 10.2 Å². The molecule has 0 saturated carbocycles. The van der Waals surface area contributed by atoms with Crippen molar-refractivity contribution < 1.29 is 13.2 Å². The number of halogens is 4. The minimum absolute atomic E-state index is 0. The molecule has 0 unspecified atom stereocenters. The summed E-state index contributed by atoms with van der Waals surface area (Å²) in [5.41, 5.74) is 0.126. The number of hydrogen-bond donors (Lipinski definition) is 1. The summed E-state index contributed by atoms with van der Waals surface area (Å²) in [4.78, 5) is 3.33. The molecule has 23 heavy (non-hydrogen) atoms.